The van der Waals surface area contributed by atoms with Gasteiger partial charge in [0.25, 0.3) is 5.56 Å². The van der Waals surface area contributed by atoms with Crippen LogP contribution in [0, 0.1) is 12.7 Å². The number of aromatic amines is 2. The summed E-state index contributed by atoms with van der Waals surface area (Å²) < 4.78 is 13.6. The van der Waals surface area contributed by atoms with Crippen LogP contribution in [0.5, 0.6) is 0 Å². The van der Waals surface area contributed by atoms with Crippen LogP contribution in [0.2, 0.25) is 5.02 Å². The summed E-state index contributed by atoms with van der Waals surface area (Å²) in [6, 6.07) is 4.33. The Labute approximate surface area is 106 Å². The highest BCUT2D eigenvalue weighted by Gasteiger charge is 2.11. The second kappa shape index (κ2) is 4.78. The number of halogens is 2. The number of nitrogens with one attached hydrogen (secondary N) is 2. The van der Waals surface area contributed by atoms with E-state index in [1.165, 1.54) is 12.1 Å². The standard InChI is InChI=1S/C12H10ClFN2O2/c1-6-10(15-12(18)16-11(6)17)5-7-8(13)3-2-4-9(7)14/h2-4H,5H2,1H3,(H2,15,16,17,18). The van der Waals surface area contributed by atoms with Crippen molar-refractivity contribution in [3.8, 4) is 0 Å². The van der Waals surface area contributed by atoms with Gasteiger partial charge in [0.2, 0.25) is 0 Å². The topological polar surface area (TPSA) is 65.7 Å². The quantitative estimate of drug-likeness (QED) is 0.871. The Bertz CT molecular complexity index is 686. The molecule has 0 amide bonds. The Balaban J connectivity index is 2.53. The molecule has 0 aliphatic carbocycles. The Kier molecular flexibility index (Phi) is 3.34. The van der Waals surface area contributed by atoms with Crippen LogP contribution in [-0.4, -0.2) is 9.97 Å². The first-order valence-corrected chi connectivity index (χ1v) is 5.62. The maximum Gasteiger partial charge on any atom is 0.325 e. The smallest absolute Gasteiger partial charge is 0.311 e. The lowest BCUT2D eigenvalue weighted by Gasteiger charge is -2.07. The molecule has 0 aliphatic heterocycles. The number of H-pyrrole nitrogens is 2. The number of hydrogen-bond acceptors (Lipinski definition) is 2. The van der Waals surface area contributed by atoms with Crippen LogP contribution >= 0.6 is 11.6 Å². The first kappa shape index (κ1) is 12.6. The minimum atomic E-state index is -0.618. The number of benzene rings is 1. The van der Waals surface area contributed by atoms with Crippen molar-refractivity contribution in [3.05, 3.63) is 66.7 Å². The summed E-state index contributed by atoms with van der Waals surface area (Å²) in [4.78, 5) is 27.2. The summed E-state index contributed by atoms with van der Waals surface area (Å²) in [7, 11) is 0. The van der Waals surface area contributed by atoms with E-state index in [0.29, 0.717) is 11.3 Å². The highest BCUT2D eigenvalue weighted by molar-refractivity contribution is 6.31. The van der Waals surface area contributed by atoms with Crippen LogP contribution in [0.15, 0.2) is 27.8 Å². The number of rotatable bonds is 2. The van der Waals surface area contributed by atoms with Crippen LogP contribution in [-0.2, 0) is 6.42 Å². The van der Waals surface area contributed by atoms with E-state index in [4.69, 9.17) is 11.6 Å². The van der Waals surface area contributed by atoms with Gasteiger partial charge in [-0.2, -0.15) is 0 Å². The highest BCUT2D eigenvalue weighted by Crippen LogP contribution is 2.21. The third-order valence-corrected chi connectivity index (χ3v) is 3.05. The second-order valence-electron chi connectivity index (χ2n) is 3.89. The van der Waals surface area contributed by atoms with Crippen molar-refractivity contribution in [3.63, 3.8) is 0 Å². The summed E-state index contributed by atoms with van der Waals surface area (Å²) in [5.74, 6) is -0.469. The average Bonchev–Trinajstić information content (AvgIpc) is 2.30. The third-order valence-electron chi connectivity index (χ3n) is 2.70. The predicted octanol–water partition coefficient (Wildman–Crippen LogP) is 1.75. The highest BCUT2D eigenvalue weighted by atomic mass is 35.5. The molecule has 0 radical (unpaired) electrons. The zero-order valence-corrected chi connectivity index (χ0v) is 10.3. The molecular weight excluding hydrogens is 259 g/mol. The molecule has 6 heteroatoms. The van der Waals surface area contributed by atoms with E-state index in [2.05, 4.69) is 9.97 Å². The largest absolute Gasteiger partial charge is 0.325 e. The molecule has 4 nitrogen and oxygen atoms in total. The van der Waals surface area contributed by atoms with Crippen molar-refractivity contribution >= 4 is 11.6 Å². The number of hydrogen-bond donors (Lipinski definition) is 2. The molecule has 0 bridgehead atoms. The fourth-order valence-electron chi connectivity index (χ4n) is 1.65. The maximum atomic E-state index is 13.6. The molecule has 0 unspecified atom stereocenters. The molecule has 1 heterocycles. The van der Waals surface area contributed by atoms with Crippen LogP contribution < -0.4 is 11.2 Å². The first-order chi connectivity index (χ1) is 8.49. The molecule has 0 saturated carbocycles. The Hall–Kier alpha value is -1.88. The molecule has 94 valence electrons. The van der Waals surface area contributed by atoms with E-state index in [1.807, 2.05) is 0 Å². The minimum absolute atomic E-state index is 0.0660. The van der Waals surface area contributed by atoms with Crippen molar-refractivity contribution in [2.24, 2.45) is 0 Å². The zero-order valence-electron chi connectivity index (χ0n) is 9.51. The zero-order chi connectivity index (χ0) is 13.3. The van der Waals surface area contributed by atoms with Crippen LogP contribution in [0.1, 0.15) is 16.8 Å². The first-order valence-electron chi connectivity index (χ1n) is 5.24. The maximum absolute atomic E-state index is 13.6. The van der Waals surface area contributed by atoms with Gasteiger partial charge in [0.15, 0.2) is 0 Å². The van der Waals surface area contributed by atoms with Gasteiger partial charge >= 0.3 is 5.69 Å². The lowest BCUT2D eigenvalue weighted by molar-refractivity contribution is 0.612. The van der Waals surface area contributed by atoms with Gasteiger partial charge in [-0.3, -0.25) is 9.78 Å². The molecule has 0 spiro atoms. The van der Waals surface area contributed by atoms with Gasteiger partial charge in [0.1, 0.15) is 5.82 Å². The summed E-state index contributed by atoms with van der Waals surface area (Å²) in [5, 5.41) is 0.260. The average molecular weight is 269 g/mol. The van der Waals surface area contributed by atoms with E-state index in [-0.39, 0.29) is 17.0 Å². The van der Waals surface area contributed by atoms with E-state index in [0.717, 1.165) is 0 Å². The molecule has 0 fully saturated rings. The number of aromatic nitrogens is 2. The van der Waals surface area contributed by atoms with E-state index >= 15 is 0 Å². The van der Waals surface area contributed by atoms with Gasteiger partial charge in [-0.25, -0.2) is 9.18 Å². The predicted molar refractivity (Wildman–Crippen MR) is 66.6 cm³/mol. The third kappa shape index (κ3) is 2.36. The summed E-state index contributed by atoms with van der Waals surface area (Å²) >= 11 is 5.89. The van der Waals surface area contributed by atoms with Crippen LogP contribution in [0.4, 0.5) is 4.39 Å². The van der Waals surface area contributed by atoms with E-state index in [9.17, 15) is 14.0 Å². The monoisotopic (exact) mass is 268 g/mol. The molecular formula is C12H10ClFN2O2. The lowest BCUT2D eigenvalue weighted by Crippen LogP contribution is -2.26. The van der Waals surface area contributed by atoms with Gasteiger partial charge in [-0.15, -0.1) is 0 Å². The molecule has 2 rings (SSSR count). The van der Waals surface area contributed by atoms with E-state index < -0.39 is 17.1 Å². The van der Waals surface area contributed by atoms with Crippen molar-refractivity contribution < 1.29 is 4.39 Å². The van der Waals surface area contributed by atoms with Gasteiger partial charge in [-0.05, 0) is 19.1 Å². The van der Waals surface area contributed by atoms with Crippen LogP contribution in [0.25, 0.3) is 0 Å². The summed E-state index contributed by atoms with van der Waals surface area (Å²) in [6.07, 6.45) is 0.0660. The van der Waals surface area contributed by atoms with Gasteiger partial charge in [-0.1, -0.05) is 17.7 Å². The van der Waals surface area contributed by atoms with Gasteiger partial charge < -0.3 is 4.98 Å². The van der Waals surface area contributed by atoms with Crippen molar-refractivity contribution in [1.82, 2.24) is 9.97 Å². The normalized spacial score (nSPS) is 10.6. The van der Waals surface area contributed by atoms with Gasteiger partial charge in [0.05, 0.1) is 0 Å². The molecule has 2 N–H and O–H groups in total. The second-order valence-corrected chi connectivity index (χ2v) is 4.30. The Morgan fingerprint density at radius 2 is 2.00 bits per heavy atom. The Morgan fingerprint density at radius 1 is 1.28 bits per heavy atom. The molecule has 0 aliphatic rings. The molecule has 1 aromatic carbocycles. The SMILES string of the molecule is Cc1c(Cc2c(F)cccc2Cl)[nH]c(=O)[nH]c1=O. The summed E-state index contributed by atoms with van der Waals surface area (Å²) in [6.45, 7) is 1.55. The van der Waals surface area contributed by atoms with Crippen molar-refractivity contribution in [1.29, 1.82) is 0 Å². The molecule has 0 atom stereocenters. The summed E-state index contributed by atoms with van der Waals surface area (Å²) in [5.41, 5.74) is -0.151. The van der Waals surface area contributed by atoms with Crippen molar-refractivity contribution in [2.75, 3.05) is 0 Å². The lowest BCUT2D eigenvalue weighted by atomic mass is 10.1. The molecule has 1 aromatic heterocycles. The van der Waals surface area contributed by atoms with E-state index in [1.54, 1.807) is 13.0 Å². The fourth-order valence-corrected chi connectivity index (χ4v) is 1.88. The molecule has 2 aromatic rings. The molecule has 18 heavy (non-hydrogen) atoms. The van der Waals surface area contributed by atoms with Crippen LogP contribution in [0.3, 0.4) is 0 Å². The molecule has 0 saturated heterocycles. The van der Waals surface area contributed by atoms with Gasteiger partial charge in [0, 0.05) is 28.3 Å². The van der Waals surface area contributed by atoms with Crippen molar-refractivity contribution in [2.45, 2.75) is 13.3 Å². The fraction of sp³-hybridized carbons (Fsp3) is 0.167. The minimum Gasteiger partial charge on any atom is -0.311 e. The Morgan fingerprint density at radius 3 is 2.67 bits per heavy atom.